The molecule has 1 aliphatic carbocycles. The van der Waals surface area contributed by atoms with Gasteiger partial charge in [-0.3, -0.25) is 9.58 Å². The lowest BCUT2D eigenvalue weighted by Gasteiger charge is -2.35. The van der Waals surface area contributed by atoms with Gasteiger partial charge in [0.1, 0.15) is 12.7 Å². The molecular weight excluding hydrogens is 304 g/mol. The van der Waals surface area contributed by atoms with Crippen molar-refractivity contribution in [2.75, 3.05) is 13.1 Å². The Morgan fingerprint density at radius 1 is 1.21 bits per heavy atom. The fourth-order valence-electron chi connectivity index (χ4n) is 4.51. The van der Waals surface area contributed by atoms with Crippen LogP contribution in [-0.2, 0) is 13.1 Å². The summed E-state index contributed by atoms with van der Waals surface area (Å²) in [4.78, 5) is 6.55. The number of aliphatic hydroxyl groups is 1. The number of nitrogens with zero attached hydrogens (tertiary/aromatic N) is 6. The highest BCUT2D eigenvalue weighted by Crippen LogP contribution is 2.41. The van der Waals surface area contributed by atoms with E-state index in [9.17, 15) is 5.11 Å². The summed E-state index contributed by atoms with van der Waals surface area (Å²) >= 11 is 0. The second kappa shape index (κ2) is 6.29. The number of hydrogen-bond acceptors (Lipinski definition) is 5. The first-order chi connectivity index (χ1) is 11.7. The molecular formula is C17H26N6O. The third-order valence-electron chi connectivity index (χ3n) is 5.86. The van der Waals surface area contributed by atoms with Gasteiger partial charge in [0.05, 0.1) is 18.3 Å². The Balaban J connectivity index is 1.43. The lowest BCUT2D eigenvalue weighted by atomic mass is 9.77. The standard InChI is InChI=1S/C17H26N6O/c1-3-22-12(2)15(6-19-22)9-21-7-13-4-16(23-11-18-10-20-23)17(24)5-14(13)8-21/h6,10-11,13-14,16-17,24H,3-5,7-9H2,1-2H3/t13-,14+,16-,17-/m1/s1. The van der Waals surface area contributed by atoms with Gasteiger partial charge in [-0.1, -0.05) is 0 Å². The molecule has 1 saturated heterocycles. The van der Waals surface area contributed by atoms with E-state index in [-0.39, 0.29) is 12.1 Å². The molecule has 1 aliphatic heterocycles. The molecule has 2 aromatic rings. The molecule has 7 nitrogen and oxygen atoms in total. The third-order valence-corrected chi connectivity index (χ3v) is 5.86. The minimum absolute atomic E-state index is 0.0678. The molecule has 130 valence electrons. The Bertz CT molecular complexity index is 681. The molecule has 1 N–H and O–H groups in total. The van der Waals surface area contributed by atoms with Crippen LogP contribution in [0.5, 0.6) is 0 Å². The number of likely N-dealkylation sites (tertiary alicyclic amines) is 1. The second-order valence-electron chi connectivity index (χ2n) is 7.27. The highest BCUT2D eigenvalue weighted by Gasteiger charge is 2.42. The van der Waals surface area contributed by atoms with Crippen LogP contribution in [0.2, 0.25) is 0 Å². The summed E-state index contributed by atoms with van der Waals surface area (Å²) in [5.74, 6) is 1.21. The van der Waals surface area contributed by atoms with Crippen LogP contribution in [0.25, 0.3) is 0 Å². The normalized spacial score (nSPS) is 30.6. The number of aliphatic hydroxyl groups excluding tert-OH is 1. The maximum atomic E-state index is 10.5. The summed E-state index contributed by atoms with van der Waals surface area (Å²) in [7, 11) is 0. The topological polar surface area (TPSA) is 72.0 Å². The van der Waals surface area contributed by atoms with E-state index in [0.29, 0.717) is 11.8 Å². The molecule has 24 heavy (non-hydrogen) atoms. The minimum atomic E-state index is -0.322. The van der Waals surface area contributed by atoms with Crippen LogP contribution in [0.15, 0.2) is 18.9 Å². The lowest BCUT2D eigenvalue weighted by molar-refractivity contribution is 0.0304. The van der Waals surface area contributed by atoms with Gasteiger partial charge in [-0.05, 0) is 38.5 Å². The van der Waals surface area contributed by atoms with Gasteiger partial charge in [0.2, 0.25) is 0 Å². The largest absolute Gasteiger partial charge is 0.391 e. The Labute approximate surface area is 142 Å². The molecule has 0 unspecified atom stereocenters. The van der Waals surface area contributed by atoms with E-state index in [0.717, 1.165) is 39.0 Å². The van der Waals surface area contributed by atoms with Crippen molar-refractivity contribution >= 4 is 0 Å². The molecule has 2 aromatic heterocycles. The van der Waals surface area contributed by atoms with E-state index in [2.05, 4.69) is 38.6 Å². The molecule has 0 radical (unpaired) electrons. The van der Waals surface area contributed by atoms with Gasteiger partial charge in [0, 0.05) is 37.4 Å². The molecule has 2 aliphatic rings. The van der Waals surface area contributed by atoms with Gasteiger partial charge in [-0.25, -0.2) is 9.67 Å². The molecule has 2 fully saturated rings. The summed E-state index contributed by atoms with van der Waals surface area (Å²) in [6, 6.07) is 0.0678. The average Bonchev–Trinajstić information content (AvgIpc) is 3.28. The molecule has 0 spiro atoms. The van der Waals surface area contributed by atoms with Crippen LogP contribution in [0.1, 0.15) is 37.1 Å². The quantitative estimate of drug-likeness (QED) is 0.913. The van der Waals surface area contributed by atoms with Crippen LogP contribution in [0, 0.1) is 18.8 Å². The van der Waals surface area contributed by atoms with E-state index in [4.69, 9.17) is 0 Å². The van der Waals surface area contributed by atoms with Crippen molar-refractivity contribution < 1.29 is 5.11 Å². The number of aryl methyl sites for hydroxylation is 1. The van der Waals surface area contributed by atoms with Crippen LogP contribution < -0.4 is 0 Å². The third kappa shape index (κ3) is 2.75. The Morgan fingerprint density at radius 2 is 2.00 bits per heavy atom. The van der Waals surface area contributed by atoms with Crippen molar-refractivity contribution in [1.82, 2.24) is 29.4 Å². The van der Waals surface area contributed by atoms with Gasteiger partial charge >= 0.3 is 0 Å². The summed E-state index contributed by atoms with van der Waals surface area (Å²) in [5, 5.41) is 19.2. The summed E-state index contributed by atoms with van der Waals surface area (Å²) in [6.45, 7) is 8.33. The van der Waals surface area contributed by atoms with E-state index in [1.807, 2.05) is 10.9 Å². The smallest absolute Gasteiger partial charge is 0.137 e. The van der Waals surface area contributed by atoms with Crippen molar-refractivity contribution in [1.29, 1.82) is 0 Å². The summed E-state index contributed by atoms with van der Waals surface area (Å²) in [6.07, 6.45) is 6.81. The molecule has 7 heteroatoms. The zero-order valence-electron chi connectivity index (χ0n) is 14.4. The van der Waals surface area contributed by atoms with Gasteiger partial charge in [-0.15, -0.1) is 0 Å². The molecule has 0 amide bonds. The first kappa shape index (κ1) is 15.8. The lowest BCUT2D eigenvalue weighted by Crippen LogP contribution is -2.36. The molecule has 3 heterocycles. The molecule has 4 atom stereocenters. The second-order valence-corrected chi connectivity index (χ2v) is 7.27. The zero-order valence-corrected chi connectivity index (χ0v) is 14.4. The maximum absolute atomic E-state index is 10.5. The molecule has 1 saturated carbocycles. The Kier molecular flexibility index (Phi) is 4.14. The van der Waals surface area contributed by atoms with Crippen molar-refractivity contribution in [2.45, 2.75) is 51.9 Å². The summed E-state index contributed by atoms with van der Waals surface area (Å²) < 4.78 is 3.89. The van der Waals surface area contributed by atoms with E-state index in [1.54, 1.807) is 12.7 Å². The average molecular weight is 330 g/mol. The fourth-order valence-corrected chi connectivity index (χ4v) is 4.51. The van der Waals surface area contributed by atoms with Gasteiger partial charge in [-0.2, -0.15) is 10.2 Å². The monoisotopic (exact) mass is 330 g/mol. The Morgan fingerprint density at radius 3 is 2.67 bits per heavy atom. The van der Waals surface area contributed by atoms with Crippen molar-refractivity contribution in [3.8, 4) is 0 Å². The summed E-state index contributed by atoms with van der Waals surface area (Å²) in [5.41, 5.74) is 2.59. The minimum Gasteiger partial charge on any atom is -0.391 e. The van der Waals surface area contributed by atoms with E-state index in [1.165, 1.54) is 11.3 Å². The first-order valence-corrected chi connectivity index (χ1v) is 8.91. The van der Waals surface area contributed by atoms with Crippen LogP contribution in [0.3, 0.4) is 0 Å². The highest BCUT2D eigenvalue weighted by atomic mass is 16.3. The van der Waals surface area contributed by atoms with Crippen molar-refractivity contribution in [3.05, 3.63) is 30.1 Å². The highest BCUT2D eigenvalue weighted by molar-refractivity contribution is 5.16. The number of aromatic nitrogens is 5. The Hall–Kier alpha value is -1.73. The predicted molar refractivity (Wildman–Crippen MR) is 89.2 cm³/mol. The van der Waals surface area contributed by atoms with Gasteiger partial charge < -0.3 is 5.11 Å². The van der Waals surface area contributed by atoms with Crippen LogP contribution in [-0.4, -0.2) is 53.7 Å². The zero-order chi connectivity index (χ0) is 16.7. The maximum Gasteiger partial charge on any atom is 0.137 e. The van der Waals surface area contributed by atoms with Gasteiger partial charge in [0.15, 0.2) is 0 Å². The molecule has 0 aromatic carbocycles. The predicted octanol–water partition coefficient (Wildman–Crippen LogP) is 1.25. The van der Waals surface area contributed by atoms with E-state index < -0.39 is 0 Å². The molecule has 0 bridgehead atoms. The number of hydrogen-bond donors (Lipinski definition) is 1. The van der Waals surface area contributed by atoms with E-state index >= 15 is 0 Å². The van der Waals surface area contributed by atoms with Crippen molar-refractivity contribution in [3.63, 3.8) is 0 Å². The first-order valence-electron chi connectivity index (χ1n) is 8.91. The molecule has 4 rings (SSSR count). The SMILES string of the molecule is CCn1ncc(CN2C[C@H]3C[C@@H](n4cncn4)[C@H](O)C[C@H]3C2)c1C. The van der Waals surface area contributed by atoms with Crippen molar-refractivity contribution in [2.24, 2.45) is 11.8 Å². The van der Waals surface area contributed by atoms with Gasteiger partial charge in [0.25, 0.3) is 0 Å². The van der Waals surface area contributed by atoms with Crippen LogP contribution >= 0.6 is 0 Å². The number of fused-ring (bicyclic) bond motifs is 1. The fraction of sp³-hybridized carbons (Fsp3) is 0.706. The number of rotatable bonds is 4. The van der Waals surface area contributed by atoms with Crippen LogP contribution in [0.4, 0.5) is 0 Å².